The van der Waals surface area contributed by atoms with Gasteiger partial charge in [0.05, 0.1) is 7.11 Å². The summed E-state index contributed by atoms with van der Waals surface area (Å²) in [5.41, 5.74) is 2.79. The van der Waals surface area contributed by atoms with Crippen molar-refractivity contribution < 1.29 is 4.74 Å². The number of fused-ring (bicyclic) bond motifs is 1. The van der Waals surface area contributed by atoms with E-state index in [1.54, 1.807) is 7.11 Å². The number of ether oxygens (including phenoxy) is 1. The van der Waals surface area contributed by atoms with Crippen molar-refractivity contribution >= 4 is 50.9 Å². The Bertz CT molecular complexity index is 434. The van der Waals surface area contributed by atoms with Gasteiger partial charge < -0.3 is 9.64 Å². The average Bonchev–Trinajstić information content (AvgIpc) is 2.68. The van der Waals surface area contributed by atoms with Gasteiger partial charge in [-0.25, -0.2) is 0 Å². The molecule has 2 rings (SSSR count). The molecule has 0 bridgehead atoms. The molecular weight excluding hydrogens is 440 g/mol. The van der Waals surface area contributed by atoms with E-state index >= 15 is 0 Å². The monoisotopic (exact) mass is 455 g/mol. The summed E-state index contributed by atoms with van der Waals surface area (Å²) in [5, 5.41) is 0. The van der Waals surface area contributed by atoms with Crippen LogP contribution in [-0.2, 0) is 0 Å². The van der Waals surface area contributed by atoms with Crippen LogP contribution in [0.2, 0.25) is 0 Å². The predicted molar refractivity (Wildman–Crippen MR) is 89.7 cm³/mol. The molecule has 1 aromatic rings. The van der Waals surface area contributed by atoms with Crippen molar-refractivity contribution in [3.63, 3.8) is 0 Å². The Balaban J connectivity index is 2.48. The molecule has 4 heteroatoms. The highest BCUT2D eigenvalue weighted by Crippen LogP contribution is 2.42. The van der Waals surface area contributed by atoms with Gasteiger partial charge in [-0.15, -0.1) is 6.58 Å². The molecule has 0 radical (unpaired) electrons. The average molecular weight is 455 g/mol. The Kier molecular flexibility index (Phi) is 4.57. The van der Waals surface area contributed by atoms with E-state index < -0.39 is 0 Å². The van der Waals surface area contributed by atoms with E-state index in [0.29, 0.717) is 5.92 Å². The molecule has 17 heavy (non-hydrogen) atoms. The molecule has 0 saturated carbocycles. The highest BCUT2D eigenvalue weighted by molar-refractivity contribution is 14.1. The van der Waals surface area contributed by atoms with Crippen LogP contribution < -0.4 is 9.64 Å². The number of benzene rings is 1. The second-order valence-corrected chi connectivity index (χ2v) is 6.13. The van der Waals surface area contributed by atoms with Crippen LogP contribution in [0.4, 0.5) is 5.69 Å². The molecule has 1 unspecified atom stereocenters. The molecule has 1 atom stereocenters. The van der Waals surface area contributed by atoms with Crippen LogP contribution >= 0.6 is 45.2 Å². The number of anilines is 1. The van der Waals surface area contributed by atoms with Crippen LogP contribution in [0, 0.1) is 3.57 Å². The first-order valence-electron chi connectivity index (χ1n) is 5.50. The third kappa shape index (κ3) is 2.57. The van der Waals surface area contributed by atoms with Gasteiger partial charge in [0.15, 0.2) is 0 Å². The molecular formula is C13H15I2NO. The van der Waals surface area contributed by atoms with Crippen molar-refractivity contribution in [2.45, 2.75) is 5.92 Å². The van der Waals surface area contributed by atoms with Gasteiger partial charge in [-0.2, -0.15) is 0 Å². The Morgan fingerprint density at radius 1 is 1.59 bits per heavy atom. The zero-order chi connectivity index (χ0) is 12.4. The van der Waals surface area contributed by atoms with E-state index in [-0.39, 0.29) is 0 Å². The summed E-state index contributed by atoms with van der Waals surface area (Å²) in [4.78, 5) is 2.39. The molecule has 1 aromatic carbocycles. The quantitative estimate of drug-likeness (QED) is 0.389. The van der Waals surface area contributed by atoms with Gasteiger partial charge in [0.1, 0.15) is 5.75 Å². The van der Waals surface area contributed by atoms with Crippen molar-refractivity contribution in [2.24, 2.45) is 0 Å². The third-order valence-corrected chi connectivity index (χ3v) is 5.00. The molecule has 1 aliphatic rings. The molecule has 0 saturated heterocycles. The smallest absolute Gasteiger partial charge is 0.122 e. The maximum atomic E-state index is 5.36. The Morgan fingerprint density at radius 2 is 2.35 bits per heavy atom. The molecule has 0 N–H and O–H groups in total. The van der Waals surface area contributed by atoms with E-state index in [9.17, 15) is 0 Å². The molecule has 2 nitrogen and oxygen atoms in total. The fraction of sp³-hybridized carbons (Fsp3) is 0.385. The van der Waals surface area contributed by atoms with Crippen LogP contribution in [0.1, 0.15) is 11.5 Å². The van der Waals surface area contributed by atoms with E-state index in [0.717, 1.165) is 23.3 Å². The molecule has 1 heterocycles. The lowest BCUT2D eigenvalue weighted by atomic mass is 10.0. The van der Waals surface area contributed by atoms with Gasteiger partial charge in [-0.3, -0.25) is 0 Å². The zero-order valence-electron chi connectivity index (χ0n) is 9.75. The fourth-order valence-corrected chi connectivity index (χ4v) is 4.02. The summed E-state index contributed by atoms with van der Waals surface area (Å²) in [6.45, 7) is 5.83. The van der Waals surface area contributed by atoms with Gasteiger partial charge in [0.25, 0.3) is 0 Å². The lowest BCUT2D eigenvalue weighted by Crippen LogP contribution is -2.21. The number of methoxy groups -OCH3 is 1. The van der Waals surface area contributed by atoms with E-state index in [2.05, 4.69) is 68.8 Å². The maximum Gasteiger partial charge on any atom is 0.122 e. The van der Waals surface area contributed by atoms with Crippen molar-refractivity contribution in [3.8, 4) is 5.75 Å². The van der Waals surface area contributed by atoms with Crippen molar-refractivity contribution in [2.75, 3.05) is 29.5 Å². The lowest BCUT2D eigenvalue weighted by molar-refractivity contribution is 0.414. The molecule has 0 aromatic heterocycles. The van der Waals surface area contributed by atoms with Gasteiger partial charge >= 0.3 is 0 Å². The number of rotatable bonds is 4. The van der Waals surface area contributed by atoms with E-state index in [1.807, 2.05) is 6.08 Å². The number of halogens is 2. The summed E-state index contributed by atoms with van der Waals surface area (Å²) in [7, 11) is 1.72. The van der Waals surface area contributed by atoms with Crippen molar-refractivity contribution in [1.82, 2.24) is 0 Å². The summed E-state index contributed by atoms with van der Waals surface area (Å²) >= 11 is 4.89. The minimum absolute atomic E-state index is 0.628. The minimum Gasteiger partial charge on any atom is -0.497 e. The van der Waals surface area contributed by atoms with E-state index in [4.69, 9.17) is 4.74 Å². The predicted octanol–water partition coefficient (Wildman–Crippen LogP) is 3.82. The Labute approximate surface area is 130 Å². The second kappa shape index (κ2) is 5.77. The maximum absolute atomic E-state index is 5.36. The summed E-state index contributed by atoms with van der Waals surface area (Å²) < 4.78 is 7.82. The highest BCUT2D eigenvalue weighted by Gasteiger charge is 2.29. The normalized spacial score (nSPS) is 18.1. The Hall–Kier alpha value is 0.0200. The molecule has 92 valence electrons. The number of alkyl halides is 1. The van der Waals surface area contributed by atoms with Gasteiger partial charge in [0, 0.05) is 38.8 Å². The van der Waals surface area contributed by atoms with Gasteiger partial charge in [-0.05, 0) is 34.2 Å². The Morgan fingerprint density at radius 3 is 2.94 bits per heavy atom. The number of nitrogens with zero attached hydrogens (tertiary/aromatic N) is 1. The summed E-state index contributed by atoms with van der Waals surface area (Å²) in [6, 6.07) is 4.27. The lowest BCUT2D eigenvalue weighted by Gasteiger charge is -2.18. The second-order valence-electron chi connectivity index (χ2n) is 4.09. The summed E-state index contributed by atoms with van der Waals surface area (Å²) in [6.07, 6.45) is 1.96. The largest absolute Gasteiger partial charge is 0.497 e. The van der Waals surface area contributed by atoms with Crippen molar-refractivity contribution in [3.05, 3.63) is 33.9 Å². The molecule has 0 aliphatic carbocycles. The van der Waals surface area contributed by atoms with Crippen LogP contribution in [0.5, 0.6) is 5.75 Å². The number of hydrogen-bond acceptors (Lipinski definition) is 2. The molecule has 1 aliphatic heterocycles. The highest BCUT2D eigenvalue weighted by atomic mass is 127. The first-order chi connectivity index (χ1) is 8.21. The van der Waals surface area contributed by atoms with Crippen LogP contribution in [0.3, 0.4) is 0 Å². The zero-order valence-corrected chi connectivity index (χ0v) is 14.1. The topological polar surface area (TPSA) is 12.5 Å². The molecule has 0 amide bonds. The summed E-state index contributed by atoms with van der Waals surface area (Å²) in [5.74, 6) is 1.57. The van der Waals surface area contributed by atoms with Crippen LogP contribution in [-0.4, -0.2) is 24.6 Å². The standard InChI is InChI=1S/C13H15I2NO/c1-3-4-16-8-9(7-14)13-11(15)5-10(17-2)6-12(13)16/h3,5-6,9H,1,4,7-8H2,2H3. The van der Waals surface area contributed by atoms with Crippen molar-refractivity contribution in [1.29, 1.82) is 0 Å². The van der Waals surface area contributed by atoms with E-state index in [1.165, 1.54) is 14.8 Å². The molecule has 0 fully saturated rings. The first-order valence-corrected chi connectivity index (χ1v) is 8.11. The fourth-order valence-electron chi connectivity index (χ4n) is 2.27. The molecule has 0 spiro atoms. The third-order valence-electron chi connectivity index (χ3n) is 3.04. The van der Waals surface area contributed by atoms with Crippen LogP contribution in [0.25, 0.3) is 0 Å². The van der Waals surface area contributed by atoms with Crippen LogP contribution in [0.15, 0.2) is 24.8 Å². The van der Waals surface area contributed by atoms with Gasteiger partial charge in [0.2, 0.25) is 0 Å². The first kappa shape index (κ1) is 13.5. The SMILES string of the molecule is C=CCN1CC(CI)c2c(I)cc(OC)cc21. The number of hydrogen-bond donors (Lipinski definition) is 0. The van der Waals surface area contributed by atoms with Gasteiger partial charge in [-0.1, -0.05) is 28.7 Å². The minimum atomic E-state index is 0.628.